The number of anilines is 1. The number of nitrogens with zero attached hydrogens (tertiary/aromatic N) is 3. The molecule has 2 aromatic rings. The molecule has 0 spiro atoms. The van der Waals surface area contributed by atoms with Crippen molar-refractivity contribution in [3.63, 3.8) is 0 Å². The number of amides is 1. The van der Waals surface area contributed by atoms with E-state index in [1.165, 1.54) is 0 Å². The van der Waals surface area contributed by atoms with Gasteiger partial charge in [-0.15, -0.1) is 9.89 Å². The Morgan fingerprint density at radius 3 is 2.48 bits per heavy atom. The fraction of sp³-hybridized carbons (Fsp3) is 0.500. The number of hydrogen-bond donors (Lipinski definition) is 1. The van der Waals surface area contributed by atoms with Crippen molar-refractivity contribution in [3.05, 3.63) is 34.6 Å². The summed E-state index contributed by atoms with van der Waals surface area (Å²) in [5.74, 6) is 0.458. The molecule has 1 saturated heterocycles. The average molecular weight is 344 g/mol. The Balaban J connectivity index is 2.02. The molecule has 0 atom stereocenters. The minimum absolute atomic E-state index is 0.169. The molecule has 0 radical (unpaired) electrons. The highest BCUT2D eigenvalue weighted by atomic mass is 16.5. The summed E-state index contributed by atoms with van der Waals surface area (Å²) in [7, 11) is 0. The Kier molecular flexibility index (Phi) is 4.76. The van der Waals surface area contributed by atoms with Gasteiger partial charge in [-0.25, -0.2) is 5.43 Å². The first kappa shape index (κ1) is 17.4. The molecule has 1 aliphatic rings. The van der Waals surface area contributed by atoms with Gasteiger partial charge in [0.2, 0.25) is 5.91 Å². The van der Waals surface area contributed by atoms with E-state index in [0.29, 0.717) is 43.9 Å². The lowest BCUT2D eigenvalue weighted by Crippen LogP contribution is -2.41. The van der Waals surface area contributed by atoms with Gasteiger partial charge < -0.3 is 9.64 Å². The van der Waals surface area contributed by atoms with E-state index >= 15 is 0 Å². The molecule has 134 valence electrons. The summed E-state index contributed by atoms with van der Waals surface area (Å²) in [6.07, 6.45) is 0.306. The van der Waals surface area contributed by atoms with Crippen LogP contribution in [0.15, 0.2) is 29.1 Å². The molecule has 0 unspecified atom stereocenters. The molecule has 1 N–H and O–H groups in total. The lowest BCUT2D eigenvalue weighted by Gasteiger charge is -2.29. The van der Waals surface area contributed by atoms with Gasteiger partial charge in [-0.05, 0) is 11.5 Å². The standard InChI is InChI=1S/C18H24N4O3/c1-18(2,3)12-15(23)19-22-17(24)14-7-5-4-6-13(14)16(20-22)21-8-10-25-11-9-21/h4-7H,8-12H2,1-3H3,(H,19,23). The second-order valence-electron chi connectivity index (χ2n) is 7.46. The minimum atomic E-state index is -0.324. The van der Waals surface area contributed by atoms with Crippen molar-refractivity contribution in [2.45, 2.75) is 27.2 Å². The van der Waals surface area contributed by atoms with Crippen molar-refractivity contribution in [2.75, 3.05) is 36.6 Å². The SMILES string of the molecule is CC(C)(C)CC(=O)Nn1nc(N2CCOCC2)c2ccccc2c1=O. The molecular weight excluding hydrogens is 320 g/mol. The van der Waals surface area contributed by atoms with Crippen LogP contribution in [0.2, 0.25) is 0 Å². The number of hydrogen-bond acceptors (Lipinski definition) is 5. The van der Waals surface area contributed by atoms with Gasteiger partial charge in [0.25, 0.3) is 5.56 Å². The van der Waals surface area contributed by atoms with Gasteiger partial charge in [0.05, 0.1) is 18.6 Å². The molecule has 7 nitrogen and oxygen atoms in total. The van der Waals surface area contributed by atoms with E-state index in [9.17, 15) is 9.59 Å². The summed E-state index contributed by atoms with van der Waals surface area (Å²) in [5, 5.41) is 5.76. The first-order valence-electron chi connectivity index (χ1n) is 8.50. The number of morpholine rings is 1. The molecule has 1 aromatic carbocycles. The monoisotopic (exact) mass is 344 g/mol. The Labute approximate surface area is 146 Å². The van der Waals surface area contributed by atoms with Gasteiger partial charge in [-0.2, -0.15) is 0 Å². The smallest absolute Gasteiger partial charge is 0.294 e. The van der Waals surface area contributed by atoms with Gasteiger partial charge in [0, 0.05) is 24.9 Å². The van der Waals surface area contributed by atoms with Crippen LogP contribution >= 0.6 is 0 Å². The number of benzene rings is 1. The third kappa shape index (κ3) is 3.99. The summed E-state index contributed by atoms with van der Waals surface area (Å²) in [4.78, 5) is 28.1. The topological polar surface area (TPSA) is 76.5 Å². The maximum absolute atomic E-state index is 12.7. The van der Waals surface area contributed by atoms with Gasteiger partial charge >= 0.3 is 0 Å². The van der Waals surface area contributed by atoms with Crippen molar-refractivity contribution < 1.29 is 9.53 Å². The number of aromatic nitrogens is 2. The first-order chi connectivity index (χ1) is 11.8. The van der Waals surface area contributed by atoms with Crippen molar-refractivity contribution in [1.82, 2.24) is 9.89 Å². The maximum Gasteiger partial charge on any atom is 0.294 e. The molecule has 0 saturated carbocycles. The zero-order valence-corrected chi connectivity index (χ0v) is 14.9. The van der Waals surface area contributed by atoms with E-state index in [2.05, 4.69) is 15.4 Å². The van der Waals surface area contributed by atoms with Crippen LogP contribution in [0.1, 0.15) is 27.2 Å². The number of nitrogens with one attached hydrogen (secondary N) is 1. The zero-order chi connectivity index (χ0) is 18.0. The molecule has 7 heteroatoms. The zero-order valence-electron chi connectivity index (χ0n) is 14.9. The second-order valence-corrected chi connectivity index (χ2v) is 7.46. The van der Waals surface area contributed by atoms with E-state index in [1.807, 2.05) is 39.0 Å². The predicted molar refractivity (Wildman–Crippen MR) is 97.5 cm³/mol. The van der Waals surface area contributed by atoms with Gasteiger partial charge in [-0.3, -0.25) is 9.59 Å². The van der Waals surface area contributed by atoms with Gasteiger partial charge in [-0.1, -0.05) is 39.0 Å². The van der Waals surface area contributed by atoms with Crippen LogP contribution in [0.25, 0.3) is 10.8 Å². The summed E-state index contributed by atoms with van der Waals surface area (Å²) >= 11 is 0. The largest absolute Gasteiger partial charge is 0.378 e. The number of fused-ring (bicyclic) bond motifs is 1. The molecular formula is C18H24N4O3. The Morgan fingerprint density at radius 1 is 1.20 bits per heavy atom. The minimum Gasteiger partial charge on any atom is -0.378 e. The van der Waals surface area contributed by atoms with E-state index in [1.54, 1.807) is 6.07 Å². The lowest BCUT2D eigenvalue weighted by atomic mass is 9.92. The van der Waals surface area contributed by atoms with Crippen LogP contribution in [0.4, 0.5) is 5.82 Å². The number of carbonyl (C=O) groups excluding carboxylic acids is 1. The molecule has 1 aromatic heterocycles. The maximum atomic E-state index is 12.7. The van der Waals surface area contributed by atoms with Crippen LogP contribution in [-0.4, -0.2) is 42.1 Å². The van der Waals surface area contributed by atoms with Crippen molar-refractivity contribution in [1.29, 1.82) is 0 Å². The van der Waals surface area contributed by atoms with E-state index in [0.717, 1.165) is 10.2 Å². The van der Waals surface area contributed by atoms with Gasteiger partial charge in [0.1, 0.15) is 0 Å². The fourth-order valence-electron chi connectivity index (χ4n) is 2.90. The average Bonchev–Trinajstić information content (AvgIpc) is 2.56. The highest BCUT2D eigenvalue weighted by Gasteiger charge is 2.21. The highest BCUT2D eigenvalue weighted by molar-refractivity contribution is 5.92. The Hall–Kier alpha value is -2.41. The van der Waals surface area contributed by atoms with Crippen LogP contribution in [0, 0.1) is 5.41 Å². The van der Waals surface area contributed by atoms with Crippen molar-refractivity contribution >= 4 is 22.5 Å². The first-order valence-corrected chi connectivity index (χ1v) is 8.50. The molecule has 0 bridgehead atoms. The van der Waals surface area contributed by atoms with Crippen molar-refractivity contribution in [2.24, 2.45) is 5.41 Å². The predicted octanol–water partition coefficient (Wildman–Crippen LogP) is 1.74. The summed E-state index contributed by atoms with van der Waals surface area (Å²) < 4.78 is 5.40. The molecule has 3 rings (SSSR count). The molecule has 25 heavy (non-hydrogen) atoms. The third-order valence-corrected chi connectivity index (χ3v) is 4.02. The van der Waals surface area contributed by atoms with Crippen LogP contribution in [-0.2, 0) is 9.53 Å². The third-order valence-electron chi connectivity index (χ3n) is 4.02. The van der Waals surface area contributed by atoms with E-state index in [4.69, 9.17) is 4.74 Å². The number of carbonyl (C=O) groups is 1. The molecule has 1 aliphatic heterocycles. The molecule has 1 amide bonds. The van der Waals surface area contributed by atoms with Crippen LogP contribution < -0.4 is 15.9 Å². The van der Waals surface area contributed by atoms with Gasteiger partial charge in [0.15, 0.2) is 5.82 Å². The number of ether oxygens (including phenoxy) is 1. The van der Waals surface area contributed by atoms with E-state index in [-0.39, 0.29) is 16.9 Å². The summed E-state index contributed by atoms with van der Waals surface area (Å²) in [6.45, 7) is 8.56. The van der Waals surface area contributed by atoms with Crippen LogP contribution in [0.3, 0.4) is 0 Å². The summed E-state index contributed by atoms with van der Waals surface area (Å²) in [6, 6.07) is 7.34. The summed E-state index contributed by atoms with van der Waals surface area (Å²) in [5.41, 5.74) is 2.14. The second kappa shape index (κ2) is 6.84. The Morgan fingerprint density at radius 2 is 1.84 bits per heavy atom. The quantitative estimate of drug-likeness (QED) is 0.918. The van der Waals surface area contributed by atoms with Crippen LogP contribution in [0.5, 0.6) is 0 Å². The lowest BCUT2D eigenvalue weighted by molar-refractivity contribution is -0.118. The van der Waals surface area contributed by atoms with E-state index < -0.39 is 0 Å². The number of rotatable bonds is 3. The van der Waals surface area contributed by atoms with Crippen molar-refractivity contribution in [3.8, 4) is 0 Å². The molecule has 1 fully saturated rings. The Bertz CT molecular complexity index is 832. The molecule has 2 heterocycles. The fourth-order valence-corrected chi connectivity index (χ4v) is 2.90. The normalized spacial score (nSPS) is 15.4. The highest BCUT2D eigenvalue weighted by Crippen LogP contribution is 2.23. The molecule has 0 aliphatic carbocycles.